The summed E-state index contributed by atoms with van der Waals surface area (Å²) in [7, 11) is 1.54. The van der Waals surface area contributed by atoms with Crippen LogP contribution < -0.4 is 5.32 Å². The highest BCUT2D eigenvalue weighted by Crippen LogP contribution is 2.26. The molecule has 0 saturated carbocycles. The normalized spacial score (nSPS) is 22.6. The van der Waals surface area contributed by atoms with Crippen molar-refractivity contribution in [3.05, 3.63) is 17.6 Å². The molecule has 2 aliphatic rings. The number of likely N-dealkylation sites (N-methyl/N-ethyl adjacent to an activating group) is 1. The Morgan fingerprint density at radius 2 is 2.00 bits per heavy atom. The van der Waals surface area contributed by atoms with Gasteiger partial charge in [-0.3, -0.25) is 14.5 Å². The van der Waals surface area contributed by atoms with Gasteiger partial charge in [0.05, 0.1) is 0 Å². The van der Waals surface area contributed by atoms with E-state index >= 15 is 0 Å². The maximum Gasteiger partial charge on any atom is 0.251 e. The number of amides is 2. The quantitative estimate of drug-likeness (QED) is 0.811. The first kappa shape index (κ1) is 13.0. The lowest BCUT2D eigenvalue weighted by Crippen LogP contribution is -2.48. The van der Waals surface area contributed by atoms with Gasteiger partial charge in [-0.05, 0) is 32.1 Å². The van der Waals surface area contributed by atoms with Crippen LogP contribution in [-0.4, -0.2) is 39.8 Å². The summed E-state index contributed by atoms with van der Waals surface area (Å²) in [5, 5.41) is 3.22. The maximum atomic E-state index is 12.1. The monoisotopic (exact) mass is 274 g/mol. The number of carbonyl (C=O) groups excluding carboxylic acids is 2. The number of nitrogens with zero attached hydrogens (tertiary/aromatic N) is 3. The molecule has 1 aromatic heterocycles. The van der Waals surface area contributed by atoms with Crippen molar-refractivity contribution in [1.29, 1.82) is 0 Å². The van der Waals surface area contributed by atoms with Gasteiger partial charge in [0, 0.05) is 24.7 Å². The van der Waals surface area contributed by atoms with Crippen molar-refractivity contribution in [3.63, 3.8) is 0 Å². The molecule has 0 aromatic carbocycles. The van der Waals surface area contributed by atoms with E-state index in [0.717, 1.165) is 42.8 Å². The smallest absolute Gasteiger partial charge is 0.251 e. The lowest BCUT2D eigenvalue weighted by molar-refractivity contribution is -0.146. The van der Waals surface area contributed by atoms with Crippen LogP contribution in [0, 0.1) is 0 Å². The number of fused-ring (bicyclic) bond motifs is 1. The third-order valence-electron chi connectivity index (χ3n) is 4.09. The number of anilines is 1. The van der Waals surface area contributed by atoms with E-state index in [1.807, 2.05) is 0 Å². The van der Waals surface area contributed by atoms with Crippen LogP contribution >= 0.6 is 0 Å². The van der Waals surface area contributed by atoms with Crippen molar-refractivity contribution < 1.29 is 9.59 Å². The van der Waals surface area contributed by atoms with E-state index in [1.165, 1.54) is 11.9 Å². The van der Waals surface area contributed by atoms with E-state index in [1.54, 1.807) is 6.33 Å². The fourth-order valence-electron chi connectivity index (χ4n) is 2.86. The van der Waals surface area contributed by atoms with Gasteiger partial charge >= 0.3 is 0 Å². The summed E-state index contributed by atoms with van der Waals surface area (Å²) in [6, 6.07) is -0.362. The predicted octanol–water partition coefficient (Wildman–Crippen LogP) is 0.915. The first-order valence-electron chi connectivity index (χ1n) is 7.06. The zero-order chi connectivity index (χ0) is 14.1. The Balaban J connectivity index is 1.81. The molecule has 1 aliphatic heterocycles. The van der Waals surface area contributed by atoms with E-state index in [4.69, 9.17) is 0 Å². The van der Waals surface area contributed by atoms with Crippen LogP contribution in [-0.2, 0) is 22.4 Å². The molecule has 1 atom stereocenters. The maximum absolute atomic E-state index is 12.1. The number of hydrogen-bond donors (Lipinski definition) is 1. The average Bonchev–Trinajstić information content (AvgIpc) is 2.48. The molecular formula is C14H18N4O2. The molecule has 1 unspecified atom stereocenters. The van der Waals surface area contributed by atoms with Crippen LogP contribution in [0.2, 0.25) is 0 Å². The van der Waals surface area contributed by atoms with Gasteiger partial charge < -0.3 is 5.32 Å². The number of piperidine rings is 1. The molecule has 2 amide bonds. The minimum Gasteiger partial charge on any atom is -0.358 e. The third-order valence-corrected chi connectivity index (χ3v) is 4.09. The van der Waals surface area contributed by atoms with Crippen molar-refractivity contribution in [2.45, 2.75) is 44.6 Å². The fourth-order valence-corrected chi connectivity index (χ4v) is 2.86. The number of aromatic nitrogens is 2. The number of aryl methyl sites for hydroxylation is 1. The van der Waals surface area contributed by atoms with Gasteiger partial charge in [-0.15, -0.1) is 0 Å². The summed E-state index contributed by atoms with van der Waals surface area (Å²) in [6.45, 7) is 0. The summed E-state index contributed by atoms with van der Waals surface area (Å²) in [5.41, 5.74) is 2.22. The van der Waals surface area contributed by atoms with Gasteiger partial charge in [0.25, 0.3) is 5.91 Å². The minimum atomic E-state index is -0.362. The van der Waals surface area contributed by atoms with Crippen molar-refractivity contribution in [3.8, 4) is 0 Å². The van der Waals surface area contributed by atoms with Gasteiger partial charge in [0.1, 0.15) is 18.2 Å². The van der Waals surface area contributed by atoms with E-state index in [2.05, 4.69) is 15.3 Å². The molecular weight excluding hydrogens is 256 g/mol. The Morgan fingerprint density at radius 3 is 2.85 bits per heavy atom. The molecule has 6 heteroatoms. The molecule has 1 saturated heterocycles. The van der Waals surface area contributed by atoms with Gasteiger partial charge in [-0.2, -0.15) is 0 Å². The molecule has 1 aliphatic carbocycles. The zero-order valence-electron chi connectivity index (χ0n) is 11.6. The minimum absolute atomic E-state index is 0.113. The zero-order valence-corrected chi connectivity index (χ0v) is 11.6. The molecule has 6 nitrogen and oxygen atoms in total. The van der Waals surface area contributed by atoms with Crippen LogP contribution in [0.25, 0.3) is 0 Å². The molecule has 2 heterocycles. The molecule has 1 fully saturated rings. The molecule has 106 valence electrons. The Kier molecular flexibility index (Phi) is 3.38. The topological polar surface area (TPSA) is 75.2 Å². The Bertz CT molecular complexity index is 558. The van der Waals surface area contributed by atoms with E-state index in [9.17, 15) is 9.59 Å². The predicted molar refractivity (Wildman–Crippen MR) is 73.1 cm³/mol. The number of nitrogens with one attached hydrogen (secondary N) is 1. The number of imide groups is 1. The van der Waals surface area contributed by atoms with Crippen LogP contribution in [0.5, 0.6) is 0 Å². The molecule has 0 bridgehead atoms. The van der Waals surface area contributed by atoms with Crippen LogP contribution in [0.3, 0.4) is 0 Å². The molecule has 1 aromatic rings. The second-order valence-electron chi connectivity index (χ2n) is 5.38. The molecule has 1 N–H and O–H groups in total. The number of rotatable bonds is 2. The summed E-state index contributed by atoms with van der Waals surface area (Å²) in [5.74, 6) is 0.470. The molecule has 0 spiro atoms. The summed E-state index contributed by atoms with van der Waals surface area (Å²) >= 11 is 0. The number of hydrogen-bond acceptors (Lipinski definition) is 5. The van der Waals surface area contributed by atoms with Gasteiger partial charge in [-0.25, -0.2) is 9.97 Å². The summed E-state index contributed by atoms with van der Waals surface area (Å²) in [4.78, 5) is 33.4. The van der Waals surface area contributed by atoms with E-state index in [0.29, 0.717) is 12.8 Å². The van der Waals surface area contributed by atoms with Crippen molar-refractivity contribution in [2.75, 3.05) is 12.4 Å². The second kappa shape index (κ2) is 5.19. The first-order chi connectivity index (χ1) is 9.66. The number of carbonyl (C=O) groups is 2. The number of likely N-dealkylation sites (tertiary alicyclic amines) is 1. The Morgan fingerprint density at radius 1 is 1.20 bits per heavy atom. The first-order valence-corrected chi connectivity index (χ1v) is 7.06. The van der Waals surface area contributed by atoms with Crippen molar-refractivity contribution in [1.82, 2.24) is 14.9 Å². The van der Waals surface area contributed by atoms with Gasteiger partial charge in [-0.1, -0.05) is 0 Å². The van der Waals surface area contributed by atoms with Gasteiger partial charge in [0.2, 0.25) is 5.91 Å². The highest BCUT2D eigenvalue weighted by atomic mass is 16.2. The van der Waals surface area contributed by atoms with Crippen molar-refractivity contribution >= 4 is 17.6 Å². The fraction of sp³-hybridized carbons (Fsp3) is 0.571. The van der Waals surface area contributed by atoms with Gasteiger partial charge in [0.15, 0.2) is 0 Å². The highest BCUT2D eigenvalue weighted by molar-refractivity contribution is 6.01. The highest BCUT2D eigenvalue weighted by Gasteiger charge is 2.32. The molecule has 0 radical (unpaired) electrons. The van der Waals surface area contributed by atoms with Crippen LogP contribution in [0.1, 0.15) is 36.9 Å². The average molecular weight is 274 g/mol. The molecule has 20 heavy (non-hydrogen) atoms. The SMILES string of the molecule is CN1C(=O)CCC(Nc2ncnc3c2CCCC3)C1=O. The van der Waals surface area contributed by atoms with Crippen LogP contribution in [0.4, 0.5) is 5.82 Å². The van der Waals surface area contributed by atoms with E-state index in [-0.39, 0.29) is 17.9 Å². The summed E-state index contributed by atoms with van der Waals surface area (Å²) < 4.78 is 0. The Labute approximate surface area is 117 Å². The summed E-state index contributed by atoms with van der Waals surface area (Å²) in [6.07, 6.45) is 6.69. The van der Waals surface area contributed by atoms with Crippen molar-refractivity contribution in [2.24, 2.45) is 0 Å². The standard InChI is InChI=1S/C14H18N4O2/c1-18-12(19)7-6-11(14(18)20)17-13-9-4-2-3-5-10(9)15-8-16-13/h8,11H,2-7H2,1H3,(H,15,16,17). The Hall–Kier alpha value is -1.98. The second-order valence-corrected chi connectivity index (χ2v) is 5.38. The lowest BCUT2D eigenvalue weighted by atomic mass is 9.96. The molecule has 3 rings (SSSR count). The van der Waals surface area contributed by atoms with E-state index < -0.39 is 0 Å². The lowest BCUT2D eigenvalue weighted by Gasteiger charge is -2.29. The third kappa shape index (κ3) is 2.26. The van der Waals surface area contributed by atoms with Crippen LogP contribution in [0.15, 0.2) is 6.33 Å². The largest absolute Gasteiger partial charge is 0.358 e.